The molecule has 0 bridgehead atoms. The summed E-state index contributed by atoms with van der Waals surface area (Å²) >= 11 is 2.05. The zero-order chi connectivity index (χ0) is 38.5. The summed E-state index contributed by atoms with van der Waals surface area (Å²) in [7, 11) is 0. The van der Waals surface area contributed by atoms with E-state index in [0.29, 0.717) is 11.1 Å². The van der Waals surface area contributed by atoms with Gasteiger partial charge in [0.25, 0.3) is 0 Å². The molecule has 2 aliphatic rings. The lowest BCUT2D eigenvalue weighted by Gasteiger charge is -2.10. The summed E-state index contributed by atoms with van der Waals surface area (Å²) in [6, 6.07) is 31.5. The number of carbonyl (C=O) groups excluding carboxylic acids is 6. The van der Waals surface area contributed by atoms with Crippen LogP contribution in [0.25, 0.3) is 43.7 Å². The smallest absolute Gasteiger partial charge is 0.342 e. The molecule has 0 unspecified atom stereocenters. The second-order valence-electron chi connectivity index (χ2n) is 12.9. The number of Topliss-reactive ketones (excluding diaryl/α,β-unsaturated/α-hetero) is 4. The lowest BCUT2D eigenvalue weighted by Crippen LogP contribution is -2.10. The van der Waals surface area contributed by atoms with Crippen molar-refractivity contribution >= 4 is 101 Å². The summed E-state index contributed by atoms with van der Waals surface area (Å²) in [5.74, 6) is -4.18. The van der Waals surface area contributed by atoms with E-state index in [1.807, 2.05) is 60.7 Å². The van der Waals surface area contributed by atoms with E-state index in [4.69, 9.17) is 19.4 Å². The molecule has 9 rings (SSSR count). The Morgan fingerprint density at radius 2 is 0.839 bits per heavy atom. The Morgan fingerprint density at radius 1 is 0.482 bits per heavy atom. The van der Waals surface area contributed by atoms with Crippen LogP contribution in [-0.4, -0.2) is 45.0 Å². The maximum absolute atomic E-state index is 14.2. The first kappa shape index (κ1) is 34.7. The van der Waals surface area contributed by atoms with Gasteiger partial charge in [-0.15, -0.1) is 22.7 Å². The summed E-state index contributed by atoms with van der Waals surface area (Å²) in [6.45, 7) is -0.137. The first-order chi connectivity index (χ1) is 27.3. The van der Waals surface area contributed by atoms with Crippen molar-refractivity contribution in [3.05, 3.63) is 164 Å². The Bertz CT molecular complexity index is 2670. The third-order valence-electron chi connectivity index (χ3n) is 9.41. The fraction of sp³-hybridized carbons (Fsp3) is 0.0455. The summed E-state index contributed by atoms with van der Waals surface area (Å²) in [6.07, 6.45) is 2.96. The van der Waals surface area contributed by atoms with Crippen molar-refractivity contribution in [3.8, 4) is 0 Å². The van der Waals surface area contributed by atoms with Crippen LogP contribution in [0.5, 0.6) is 0 Å². The van der Waals surface area contributed by atoms with Crippen LogP contribution < -0.4 is 0 Å². The van der Waals surface area contributed by atoms with E-state index in [9.17, 15) is 28.8 Å². The Labute approximate surface area is 325 Å². The lowest BCUT2D eigenvalue weighted by atomic mass is 10.1. The zero-order valence-corrected chi connectivity index (χ0v) is 30.6. The molecule has 10 nitrogen and oxygen atoms in total. The molecular weight excluding hydrogens is 749 g/mol. The molecule has 7 aromatic rings. The first-order valence-electron chi connectivity index (χ1n) is 17.3. The lowest BCUT2D eigenvalue weighted by molar-refractivity contribution is -0.110. The Morgan fingerprint density at radius 3 is 1.23 bits per heavy atom. The van der Waals surface area contributed by atoms with Crippen LogP contribution >= 0.6 is 22.7 Å². The van der Waals surface area contributed by atoms with Gasteiger partial charge in [0.05, 0.1) is 20.4 Å². The van der Waals surface area contributed by atoms with Crippen LogP contribution in [0.1, 0.15) is 73.7 Å². The second kappa shape index (κ2) is 14.0. The molecule has 2 aliphatic carbocycles. The van der Waals surface area contributed by atoms with Crippen molar-refractivity contribution < 1.29 is 38.2 Å². The van der Waals surface area contributed by atoms with E-state index >= 15 is 0 Å². The molecule has 0 saturated heterocycles. The van der Waals surface area contributed by atoms with Gasteiger partial charge in [-0.05, 0) is 34.4 Å². The van der Waals surface area contributed by atoms with E-state index in [1.54, 1.807) is 48.5 Å². The van der Waals surface area contributed by atoms with E-state index in [0.717, 1.165) is 33.8 Å². The van der Waals surface area contributed by atoms with Gasteiger partial charge in [-0.1, -0.05) is 109 Å². The fourth-order valence-corrected chi connectivity index (χ4v) is 8.86. The highest BCUT2D eigenvalue weighted by molar-refractivity contribution is 7.22. The number of rotatable bonds is 8. The molecule has 0 aliphatic heterocycles. The number of hydrogen-bond donors (Lipinski definition) is 0. The number of fused-ring (bicyclic) bond motifs is 4. The van der Waals surface area contributed by atoms with Crippen LogP contribution in [0, 0.1) is 0 Å². The van der Waals surface area contributed by atoms with E-state index in [-0.39, 0.29) is 77.1 Å². The molecule has 0 N–H and O–H groups in total. The van der Waals surface area contributed by atoms with Gasteiger partial charge in [0.15, 0.2) is 0 Å². The molecule has 0 amide bonds. The van der Waals surface area contributed by atoms with Crippen molar-refractivity contribution in [1.82, 2.24) is 9.97 Å². The molecule has 5 aromatic carbocycles. The molecule has 0 fully saturated rings. The van der Waals surface area contributed by atoms with Gasteiger partial charge in [-0.2, -0.15) is 0 Å². The highest BCUT2D eigenvalue weighted by Crippen LogP contribution is 2.42. The predicted octanol–water partition coefficient (Wildman–Crippen LogP) is 8.23. The molecule has 0 saturated carbocycles. The number of ether oxygens (including phenoxy) is 2. The highest BCUT2D eigenvalue weighted by Gasteiger charge is 2.36. The van der Waals surface area contributed by atoms with Gasteiger partial charge >= 0.3 is 11.9 Å². The molecule has 2 aromatic heterocycles. The van der Waals surface area contributed by atoms with Gasteiger partial charge in [0.1, 0.15) is 34.4 Å². The predicted molar refractivity (Wildman–Crippen MR) is 211 cm³/mol. The monoisotopic (exact) mass is 772 g/mol. The average molecular weight is 773 g/mol. The summed E-state index contributed by atoms with van der Waals surface area (Å²) in [5, 5.41) is 0.488. The van der Waals surface area contributed by atoms with Crippen LogP contribution in [0.15, 0.2) is 109 Å². The third-order valence-corrected chi connectivity index (χ3v) is 11.4. The molecular formula is C44H24N2O8S2. The molecule has 12 heteroatoms. The summed E-state index contributed by atoms with van der Waals surface area (Å²) < 4.78 is 12.1. The molecule has 0 radical (unpaired) electrons. The van der Waals surface area contributed by atoms with E-state index < -0.39 is 35.1 Å². The second-order valence-corrected chi connectivity index (χ2v) is 14.9. The maximum Gasteiger partial charge on any atom is 0.342 e. The molecule has 2 heterocycles. The fourth-order valence-electron chi connectivity index (χ4n) is 6.76. The van der Waals surface area contributed by atoms with Gasteiger partial charge in [-0.3, -0.25) is 19.2 Å². The molecule has 0 atom stereocenters. The van der Waals surface area contributed by atoms with Crippen molar-refractivity contribution in [2.24, 2.45) is 0 Å². The van der Waals surface area contributed by atoms with Crippen molar-refractivity contribution in [2.45, 2.75) is 13.2 Å². The van der Waals surface area contributed by atoms with Crippen LogP contribution in [-0.2, 0) is 32.3 Å². The van der Waals surface area contributed by atoms with Gasteiger partial charge in [0, 0.05) is 22.3 Å². The van der Waals surface area contributed by atoms with Crippen LogP contribution in [0.2, 0.25) is 0 Å². The maximum atomic E-state index is 14.2. The molecule has 270 valence electrons. The number of carbonyl (C=O) groups is 6. The Kier molecular flexibility index (Phi) is 8.68. The van der Waals surface area contributed by atoms with Gasteiger partial charge in [-0.25, -0.2) is 19.6 Å². The minimum Gasteiger partial charge on any atom is -0.457 e. The highest BCUT2D eigenvalue weighted by atomic mass is 32.1. The SMILES string of the molecule is O=C1C(=O)c2ccccc2/C1=C/c1nc2c(C(=O)OCc3ccccc3)c3sc(/C=C4\C(=O)C(=O)c5ccccc54)nc3c(C(=O)OCc3ccccc3)c2s1. The van der Waals surface area contributed by atoms with Gasteiger partial charge in [0.2, 0.25) is 23.1 Å². The minimum absolute atomic E-state index is 0.0111. The largest absolute Gasteiger partial charge is 0.457 e. The molecule has 56 heavy (non-hydrogen) atoms. The number of thiazole rings is 2. The number of nitrogens with zero attached hydrogens (tertiary/aromatic N) is 2. The van der Waals surface area contributed by atoms with E-state index in [2.05, 4.69) is 0 Å². The minimum atomic E-state index is -0.754. The van der Waals surface area contributed by atoms with E-state index in [1.165, 1.54) is 12.2 Å². The summed E-state index contributed by atoms with van der Waals surface area (Å²) in [4.78, 5) is 90.1. The Hall–Kier alpha value is -7.02. The number of esters is 2. The number of ketones is 4. The van der Waals surface area contributed by atoms with Crippen molar-refractivity contribution in [2.75, 3.05) is 0 Å². The zero-order valence-electron chi connectivity index (χ0n) is 28.9. The van der Waals surface area contributed by atoms with Crippen LogP contribution in [0.3, 0.4) is 0 Å². The normalized spacial score (nSPS) is 14.9. The Balaban J connectivity index is 1.25. The van der Waals surface area contributed by atoms with Crippen molar-refractivity contribution in [1.29, 1.82) is 0 Å². The quantitative estimate of drug-likeness (QED) is 0.0841. The van der Waals surface area contributed by atoms with Crippen LogP contribution in [0.4, 0.5) is 0 Å². The third kappa shape index (κ3) is 5.97. The van der Waals surface area contributed by atoms with Gasteiger partial charge < -0.3 is 9.47 Å². The first-order valence-corrected chi connectivity index (χ1v) is 18.9. The number of allylic oxidation sites excluding steroid dienone is 2. The topological polar surface area (TPSA) is 147 Å². The molecule has 0 spiro atoms. The number of benzene rings is 5. The number of aromatic nitrogens is 2. The van der Waals surface area contributed by atoms with Crippen molar-refractivity contribution in [3.63, 3.8) is 0 Å². The summed E-state index contributed by atoms with van der Waals surface area (Å²) in [5.41, 5.74) is 3.42. The standard InChI is InChI=1S/C44H24N2O8S2/c47-37-27-17-9-7-15-25(27)29(39(37)49)19-31-45-35-33(43(51)53-21-23-11-3-1-4-12-23)41-36(34(42(35)56-31)44(52)54-22-24-13-5-2-6-14-24)46-32(55-41)20-30-26-16-8-10-18-28(26)38(48)40(30)50/h1-20H,21-22H2/b29-19-,30-20-. The number of hydrogen-bond acceptors (Lipinski definition) is 12. The average Bonchev–Trinajstić information content (AvgIpc) is 3.96.